The first kappa shape index (κ1) is 6.04. The minimum absolute atomic E-state index is 0.457. The van der Waals surface area contributed by atoms with Gasteiger partial charge >= 0.3 is 5.30 Å². The first-order chi connectivity index (χ1) is 3.80. The highest BCUT2D eigenvalue weighted by molar-refractivity contribution is 8.80. The van der Waals surface area contributed by atoms with Crippen LogP contribution in [0.3, 0.4) is 0 Å². The Morgan fingerprint density at radius 2 is 2.62 bits per heavy atom. The molecule has 4 heteroatoms. The van der Waals surface area contributed by atoms with E-state index in [0.717, 1.165) is 0 Å². The molecule has 1 unspecified atom stereocenters. The lowest BCUT2D eigenvalue weighted by molar-refractivity contribution is 0.222. The van der Waals surface area contributed by atoms with Gasteiger partial charge in [-0.1, -0.05) is 0 Å². The van der Waals surface area contributed by atoms with Crippen LogP contribution >= 0.6 is 10.8 Å². The maximum absolute atomic E-state index is 10.2. The van der Waals surface area contributed by atoms with E-state index in [-0.39, 0.29) is 0 Å². The normalized spacial score (nSPS) is 26.2. The van der Waals surface area contributed by atoms with Crippen LogP contribution < -0.4 is 0 Å². The van der Waals surface area contributed by atoms with Crippen molar-refractivity contribution in [3.8, 4) is 0 Å². The van der Waals surface area contributed by atoms with Crippen molar-refractivity contribution < 1.29 is 9.90 Å². The van der Waals surface area contributed by atoms with Crippen molar-refractivity contribution in [3.63, 3.8) is 0 Å². The van der Waals surface area contributed by atoms with Crippen molar-refractivity contribution in [3.05, 3.63) is 11.5 Å². The number of hydrogen-bond donors (Lipinski definition) is 1. The molecule has 44 valence electrons. The maximum Gasteiger partial charge on any atom is 0.536 e. The molecular formula is C4H5O2S2+. The number of hydrogen-bond acceptors (Lipinski definition) is 2. The molecule has 0 spiro atoms. The summed E-state index contributed by atoms with van der Waals surface area (Å²) in [5.74, 6) is 0.708. The lowest BCUT2D eigenvalue weighted by Crippen LogP contribution is -2.06. The van der Waals surface area contributed by atoms with Crippen LogP contribution in [0.4, 0.5) is 4.79 Å². The van der Waals surface area contributed by atoms with Gasteiger partial charge in [-0.3, -0.25) is 0 Å². The molecule has 0 saturated carbocycles. The molecule has 0 aromatic heterocycles. The zero-order chi connectivity index (χ0) is 5.98. The van der Waals surface area contributed by atoms with E-state index in [2.05, 4.69) is 0 Å². The molecule has 0 saturated heterocycles. The minimum Gasteiger partial charge on any atom is -0.440 e. The summed E-state index contributed by atoms with van der Waals surface area (Å²) in [6, 6.07) is 0. The van der Waals surface area contributed by atoms with Gasteiger partial charge in [-0.25, -0.2) is 0 Å². The van der Waals surface area contributed by atoms with Crippen molar-refractivity contribution in [1.29, 1.82) is 0 Å². The Balaban J connectivity index is 2.41. The molecule has 0 aromatic carbocycles. The smallest absolute Gasteiger partial charge is 0.440 e. The predicted octanol–water partition coefficient (Wildman–Crippen LogP) is 1.46. The molecule has 1 N–H and O–H groups in total. The van der Waals surface area contributed by atoms with Crippen molar-refractivity contribution in [1.82, 2.24) is 0 Å². The second-order valence-electron chi connectivity index (χ2n) is 1.25. The summed E-state index contributed by atoms with van der Waals surface area (Å²) < 4.78 is 0. The van der Waals surface area contributed by atoms with Crippen LogP contribution in [0.15, 0.2) is 11.5 Å². The summed E-state index contributed by atoms with van der Waals surface area (Å²) in [5, 5.41) is 9.53. The first-order valence-electron chi connectivity index (χ1n) is 2.06. The average molecular weight is 149 g/mol. The molecule has 1 aliphatic heterocycles. The van der Waals surface area contributed by atoms with Gasteiger partial charge in [0.2, 0.25) is 0 Å². The molecule has 1 aliphatic rings. The molecular weight excluding hydrogens is 144 g/mol. The molecule has 1 heterocycles. The first-order valence-corrected chi connectivity index (χ1v) is 4.85. The van der Waals surface area contributed by atoms with E-state index in [1.165, 1.54) is 10.8 Å². The topological polar surface area (TPSA) is 37.3 Å². The average Bonchev–Trinajstić information content (AvgIpc) is 2.12. The van der Waals surface area contributed by atoms with Crippen molar-refractivity contribution >= 4 is 26.0 Å². The van der Waals surface area contributed by atoms with Crippen LogP contribution in [-0.4, -0.2) is 16.2 Å². The number of carboxylic acid groups (broad SMARTS) is 1. The van der Waals surface area contributed by atoms with Crippen LogP contribution in [-0.2, 0) is 9.93 Å². The Bertz CT molecular complexity index is 124. The van der Waals surface area contributed by atoms with Crippen molar-refractivity contribution in [2.24, 2.45) is 0 Å². The van der Waals surface area contributed by atoms with Gasteiger partial charge < -0.3 is 5.11 Å². The molecule has 0 fully saturated rings. The van der Waals surface area contributed by atoms with Crippen molar-refractivity contribution in [2.75, 3.05) is 5.75 Å². The fourth-order valence-electron chi connectivity index (χ4n) is 0.385. The highest BCUT2D eigenvalue weighted by atomic mass is 33.1. The quantitative estimate of drug-likeness (QED) is 0.418. The lowest BCUT2D eigenvalue weighted by Gasteiger charge is -1.83. The summed E-state index contributed by atoms with van der Waals surface area (Å²) in [6.45, 7) is 0. The molecule has 0 aliphatic carbocycles. The molecule has 1 rings (SSSR count). The van der Waals surface area contributed by atoms with Gasteiger partial charge in [-0.05, 0) is 6.08 Å². The Morgan fingerprint density at radius 3 is 2.88 bits per heavy atom. The fourth-order valence-corrected chi connectivity index (χ4v) is 2.75. The molecule has 0 aromatic rings. The van der Waals surface area contributed by atoms with E-state index in [4.69, 9.17) is 5.11 Å². The Morgan fingerprint density at radius 1 is 1.88 bits per heavy atom. The van der Waals surface area contributed by atoms with Crippen LogP contribution in [0.2, 0.25) is 0 Å². The number of carbonyl (C=O) groups is 1. The Hall–Kier alpha value is -0.0900. The summed E-state index contributed by atoms with van der Waals surface area (Å²) in [6.07, 6.45) is 1.89. The van der Waals surface area contributed by atoms with E-state index < -0.39 is 15.2 Å². The van der Waals surface area contributed by atoms with E-state index in [0.29, 0.717) is 5.75 Å². The lowest BCUT2D eigenvalue weighted by atomic mass is 10.8. The summed E-state index contributed by atoms with van der Waals surface area (Å²) >= 11 is 0. The molecule has 0 amide bonds. The Labute approximate surface area is 53.7 Å². The second-order valence-corrected chi connectivity index (χ2v) is 4.87. The van der Waals surface area contributed by atoms with E-state index in [1.54, 1.807) is 0 Å². The molecule has 0 bridgehead atoms. The van der Waals surface area contributed by atoms with Crippen LogP contribution in [0, 0.1) is 0 Å². The molecule has 2 nitrogen and oxygen atoms in total. The Kier molecular flexibility index (Phi) is 1.85. The monoisotopic (exact) mass is 149 g/mol. The van der Waals surface area contributed by atoms with Crippen LogP contribution in [0.5, 0.6) is 0 Å². The van der Waals surface area contributed by atoms with Crippen LogP contribution in [0.1, 0.15) is 0 Å². The standard InChI is InChI=1S/C4H4O2S2/c5-4(6)8-3-1-2-7-8/h1-2H,3H2/p+1. The highest BCUT2D eigenvalue weighted by Gasteiger charge is 2.31. The maximum atomic E-state index is 10.2. The summed E-state index contributed by atoms with van der Waals surface area (Å²) in [7, 11) is 0.941. The highest BCUT2D eigenvalue weighted by Crippen LogP contribution is 2.24. The van der Waals surface area contributed by atoms with Gasteiger partial charge in [-0.2, -0.15) is 4.79 Å². The third-order valence-corrected chi connectivity index (χ3v) is 4.00. The largest absolute Gasteiger partial charge is 0.536 e. The minimum atomic E-state index is -0.681. The van der Waals surface area contributed by atoms with Gasteiger partial charge in [0.15, 0.2) is 15.7 Å². The van der Waals surface area contributed by atoms with Crippen molar-refractivity contribution in [2.45, 2.75) is 0 Å². The zero-order valence-corrected chi connectivity index (χ0v) is 5.67. The summed E-state index contributed by atoms with van der Waals surface area (Å²) in [5.41, 5.74) is 0. The SMILES string of the molecule is O=C(O)[S+]1CC=CS1. The third kappa shape index (κ3) is 1.20. The van der Waals surface area contributed by atoms with Gasteiger partial charge in [-0.15, -0.1) is 0 Å². The molecule has 0 radical (unpaired) electrons. The molecule has 1 atom stereocenters. The summed E-state index contributed by atoms with van der Waals surface area (Å²) in [4.78, 5) is 10.2. The second kappa shape index (κ2) is 2.46. The predicted molar refractivity (Wildman–Crippen MR) is 37.0 cm³/mol. The van der Waals surface area contributed by atoms with E-state index in [9.17, 15) is 4.79 Å². The van der Waals surface area contributed by atoms with Gasteiger partial charge in [0.1, 0.15) is 10.8 Å². The molecule has 8 heavy (non-hydrogen) atoms. The zero-order valence-electron chi connectivity index (χ0n) is 4.03. The van der Waals surface area contributed by atoms with E-state index >= 15 is 0 Å². The third-order valence-electron chi connectivity index (χ3n) is 0.710. The fraction of sp³-hybridized carbons (Fsp3) is 0.250. The van der Waals surface area contributed by atoms with Gasteiger partial charge in [0.25, 0.3) is 0 Å². The van der Waals surface area contributed by atoms with Gasteiger partial charge in [0.05, 0.1) is 0 Å². The number of rotatable bonds is 0. The van der Waals surface area contributed by atoms with E-state index in [1.807, 2.05) is 11.5 Å². The van der Waals surface area contributed by atoms with Crippen LogP contribution in [0.25, 0.3) is 0 Å². The van der Waals surface area contributed by atoms with Gasteiger partial charge in [0, 0.05) is 5.41 Å².